The Bertz CT molecular complexity index is 1180. The standard InChI is InChI=1S/C26H26N2O2S/c1-4-19-10-12-20(13-11-19)25(29)18(3)31-26-27-23-8-6-7-9-24(23)28(26)21-14-16-22(17-15-21)30-5-2/h6-18H,4-5H2,1-3H3. The van der Waals surface area contributed by atoms with E-state index in [0.717, 1.165) is 39.6 Å². The highest BCUT2D eigenvalue weighted by Gasteiger charge is 2.21. The predicted molar refractivity (Wildman–Crippen MR) is 128 cm³/mol. The van der Waals surface area contributed by atoms with Crippen molar-refractivity contribution in [2.24, 2.45) is 0 Å². The van der Waals surface area contributed by atoms with Gasteiger partial charge in [-0.15, -0.1) is 0 Å². The Kier molecular flexibility index (Phi) is 6.42. The van der Waals surface area contributed by atoms with Crippen LogP contribution in [0.2, 0.25) is 0 Å². The number of ketones is 1. The minimum absolute atomic E-state index is 0.109. The van der Waals surface area contributed by atoms with Gasteiger partial charge in [0.05, 0.1) is 22.9 Å². The van der Waals surface area contributed by atoms with Gasteiger partial charge in [-0.1, -0.05) is 55.1 Å². The monoisotopic (exact) mass is 430 g/mol. The molecule has 0 aliphatic heterocycles. The average molecular weight is 431 g/mol. The number of hydrogen-bond donors (Lipinski definition) is 0. The van der Waals surface area contributed by atoms with Crippen LogP contribution in [0.15, 0.2) is 78.0 Å². The molecule has 0 bridgehead atoms. The SMILES string of the molecule is CCOc1ccc(-n2c(SC(C)C(=O)c3ccc(CC)cc3)nc3ccccc32)cc1. The van der Waals surface area contributed by atoms with Gasteiger partial charge >= 0.3 is 0 Å². The zero-order valence-corrected chi connectivity index (χ0v) is 18.9. The predicted octanol–water partition coefficient (Wildman–Crippen LogP) is 6.35. The van der Waals surface area contributed by atoms with Crippen LogP contribution in [0.5, 0.6) is 5.75 Å². The van der Waals surface area contributed by atoms with Crippen molar-refractivity contribution in [1.29, 1.82) is 0 Å². The maximum absolute atomic E-state index is 13.1. The molecule has 0 N–H and O–H groups in total. The molecule has 4 aromatic rings. The van der Waals surface area contributed by atoms with Crippen LogP contribution in [0.4, 0.5) is 0 Å². The lowest BCUT2D eigenvalue weighted by Gasteiger charge is -2.13. The number of imidazole rings is 1. The molecule has 158 valence electrons. The van der Waals surface area contributed by atoms with Gasteiger partial charge in [0.25, 0.3) is 0 Å². The number of thioether (sulfide) groups is 1. The second-order valence-corrected chi connectivity index (χ2v) is 8.63. The summed E-state index contributed by atoms with van der Waals surface area (Å²) < 4.78 is 7.69. The summed E-state index contributed by atoms with van der Waals surface area (Å²) in [4.78, 5) is 17.9. The van der Waals surface area contributed by atoms with E-state index in [1.54, 1.807) is 0 Å². The number of aromatic nitrogens is 2. The van der Waals surface area contributed by atoms with Crippen LogP contribution in [0.25, 0.3) is 16.7 Å². The molecule has 1 unspecified atom stereocenters. The molecule has 0 aliphatic rings. The first-order valence-electron chi connectivity index (χ1n) is 10.6. The van der Waals surface area contributed by atoms with Gasteiger partial charge in [0, 0.05) is 11.3 Å². The van der Waals surface area contributed by atoms with Crippen molar-refractivity contribution in [3.05, 3.63) is 83.9 Å². The molecular formula is C26H26N2O2S. The summed E-state index contributed by atoms with van der Waals surface area (Å²) in [5, 5.41) is 0.544. The van der Waals surface area contributed by atoms with E-state index in [0.29, 0.717) is 6.61 Å². The van der Waals surface area contributed by atoms with E-state index < -0.39 is 0 Å². The van der Waals surface area contributed by atoms with E-state index in [2.05, 4.69) is 17.6 Å². The first kappa shape index (κ1) is 21.2. The number of nitrogens with zero attached hydrogens (tertiary/aromatic N) is 2. The second kappa shape index (κ2) is 9.40. The van der Waals surface area contributed by atoms with Crippen molar-refractivity contribution in [3.8, 4) is 11.4 Å². The Balaban J connectivity index is 1.66. The van der Waals surface area contributed by atoms with Crippen LogP contribution >= 0.6 is 11.8 Å². The number of fused-ring (bicyclic) bond motifs is 1. The fourth-order valence-corrected chi connectivity index (χ4v) is 4.56. The number of carbonyl (C=O) groups excluding carboxylic acids is 1. The average Bonchev–Trinajstić information content (AvgIpc) is 3.17. The lowest BCUT2D eigenvalue weighted by molar-refractivity contribution is 0.0994. The van der Waals surface area contributed by atoms with Crippen LogP contribution in [0, 0.1) is 0 Å². The Hall–Kier alpha value is -3.05. The molecular weight excluding hydrogens is 404 g/mol. The first-order valence-corrected chi connectivity index (χ1v) is 11.5. The molecule has 0 fully saturated rings. The van der Waals surface area contributed by atoms with E-state index in [1.165, 1.54) is 17.3 Å². The molecule has 0 amide bonds. The van der Waals surface area contributed by atoms with Crippen molar-refractivity contribution in [3.63, 3.8) is 0 Å². The molecule has 4 rings (SSSR count). The van der Waals surface area contributed by atoms with Gasteiger partial charge in [-0.2, -0.15) is 0 Å². The lowest BCUT2D eigenvalue weighted by Crippen LogP contribution is -2.14. The van der Waals surface area contributed by atoms with Crippen molar-refractivity contribution >= 4 is 28.6 Å². The summed E-state index contributed by atoms with van der Waals surface area (Å²) in [7, 11) is 0. The number of para-hydroxylation sites is 2. The smallest absolute Gasteiger partial charge is 0.175 e. The summed E-state index contributed by atoms with van der Waals surface area (Å²) in [6.07, 6.45) is 0.963. The fourth-order valence-electron chi connectivity index (χ4n) is 3.54. The minimum Gasteiger partial charge on any atom is -0.494 e. The molecule has 0 aliphatic carbocycles. The van der Waals surface area contributed by atoms with Crippen LogP contribution in [-0.4, -0.2) is 27.2 Å². The van der Waals surface area contributed by atoms with Gasteiger partial charge in [-0.3, -0.25) is 9.36 Å². The highest BCUT2D eigenvalue weighted by atomic mass is 32.2. The number of rotatable bonds is 8. The Morgan fingerprint density at radius 1 is 1.00 bits per heavy atom. The zero-order chi connectivity index (χ0) is 21.8. The number of ether oxygens (including phenoxy) is 1. The minimum atomic E-state index is -0.259. The number of carbonyl (C=O) groups is 1. The first-order chi connectivity index (χ1) is 15.1. The van der Waals surface area contributed by atoms with Crippen molar-refractivity contribution in [2.75, 3.05) is 6.61 Å². The number of benzene rings is 3. The third-order valence-electron chi connectivity index (χ3n) is 5.23. The maximum Gasteiger partial charge on any atom is 0.175 e. The molecule has 4 nitrogen and oxygen atoms in total. The van der Waals surface area contributed by atoms with E-state index >= 15 is 0 Å². The molecule has 5 heteroatoms. The summed E-state index contributed by atoms with van der Waals surface area (Å²) in [6, 6.07) is 23.9. The normalized spacial score (nSPS) is 12.1. The number of aryl methyl sites for hydroxylation is 1. The molecule has 1 heterocycles. The van der Waals surface area contributed by atoms with Gasteiger partial charge in [0.1, 0.15) is 5.75 Å². The third-order valence-corrected chi connectivity index (χ3v) is 6.29. The van der Waals surface area contributed by atoms with Crippen molar-refractivity contribution < 1.29 is 9.53 Å². The van der Waals surface area contributed by atoms with Crippen molar-refractivity contribution in [1.82, 2.24) is 9.55 Å². The second-order valence-electron chi connectivity index (χ2n) is 7.32. The molecule has 1 aromatic heterocycles. The van der Waals surface area contributed by atoms with Gasteiger partial charge in [-0.25, -0.2) is 4.98 Å². The van der Waals surface area contributed by atoms with E-state index in [-0.39, 0.29) is 11.0 Å². The van der Waals surface area contributed by atoms with Crippen LogP contribution in [0.3, 0.4) is 0 Å². The zero-order valence-electron chi connectivity index (χ0n) is 18.0. The summed E-state index contributed by atoms with van der Waals surface area (Å²) in [5.74, 6) is 0.946. The molecule has 0 saturated carbocycles. The van der Waals surface area contributed by atoms with Gasteiger partial charge < -0.3 is 4.74 Å². The number of Topliss-reactive ketones (excluding diaryl/α,β-unsaturated/α-hetero) is 1. The fraction of sp³-hybridized carbons (Fsp3) is 0.231. The molecule has 0 radical (unpaired) electrons. The molecule has 0 saturated heterocycles. The van der Waals surface area contributed by atoms with Gasteiger partial charge in [0.2, 0.25) is 0 Å². The largest absolute Gasteiger partial charge is 0.494 e. The third kappa shape index (κ3) is 4.52. The van der Waals surface area contributed by atoms with Crippen LogP contribution in [-0.2, 0) is 6.42 Å². The highest BCUT2D eigenvalue weighted by Crippen LogP contribution is 2.32. The van der Waals surface area contributed by atoms with Crippen LogP contribution < -0.4 is 4.74 Å². The lowest BCUT2D eigenvalue weighted by atomic mass is 10.1. The summed E-state index contributed by atoms with van der Waals surface area (Å²) in [5.41, 5.74) is 4.88. The van der Waals surface area contributed by atoms with Crippen molar-refractivity contribution in [2.45, 2.75) is 37.6 Å². The molecule has 31 heavy (non-hydrogen) atoms. The van der Waals surface area contributed by atoms with Gasteiger partial charge in [0.15, 0.2) is 10.9 Å². The van der Waals surface area contributed by atoms with E-state index in [1.807, 2.05) is 80.6 Å². The molecule has 0 spiro atoms. The summed E-state index contributed by atoms with van der Waals surface area (Å²) >= 11 is 1.49. The molecule has 1 atom stereocenters. The Morgan fingerprint density at radius 3 is 2.39 bits per heavy atom. The van der Waals surface area contributed by atoms with Gasteiger partial charge in [-0.05, 0) is 62.2 Å². The number of hydrogen-bond acceptors (Lipinski definition) is 4. The highest BCUT2D eigenvalue weighted by molar-refractivity contribution is 8.00. The molecule has 3 aromatic carbocycles. The quantitative estimate of drug-likeness (QED) is 0.241. The Labute approximate surface area is 187 Å². The van der Waals surface area contributed by atoms with Crippen LogP contribution in [0.1, 0.15) is 36.7 Å². The maximum atomic E-state index is 13.1. The Morgan fingerprint density at radius 2 is 1.71 bits per heavy atom. The van der Waals surface area contributed by atoms with E-state index in [4.69, 9.17) is 9.72 Å². The summed E-state index contributed by atoms with van der Waals surface area (Å²) in [6.45, 7) is 6.66. The topological polar surface area (TPSA) is 44.1 Å². The van der Waals surface area contributed by atoms with E-state index in [9.17, 15) is 4.79 Å².